The maximum Gasteiger partial charge on any atom is 0.333 e. The van der Waals surface area contributed by atoms with Crippen LogP contribution < -0.4 is 10.6 Å². The largest absolute Gasteiger partial charge is 0.356 e. The number of imide groups is 2. The van der Waals surface area contributed by atoms with Crippen LogP contribution in [0, 0.1) is 23.7 Å². The van der Waals surface area contributed by atoms with E-state index in [1.54, 1.807) is 27.8 Å². The summed E-state index contributed by atoms with van der Waals surface area (Å²) in [5.74, 6) is 0.734. The summed E-state index contributed by atoms with van der Waals surface area (Å²) in [6.07, 6.45) is 5.43. The summed E-state index contributed by atoms with van der Waals surface area (Å²) in [5, 5.41) is 7.61. The fourth-order valence-corrected chi connectivity index (χ4v) is 5.58. The molecule has 6 amide bonds. The fraction of sp³-hybridized carbons (Fsp3) is 0.600. The lowest BCUT2D eigenvalue weighted by molar-refractivity contribution is -0.198. The van der Waals surface area contributed by atoms with Gasteiger partial charge in [0, 0.05) is 63.0 Å². The van der Waals surface area contributed by atoms with E-state index in [-0.39, 0.29) is 48.8 Å². The van der Waals surface area contributed by atoms with E-state index in [1.807, 2.05) is 45.9 Å². The normalized spacial score (nSPS) is 13.5. The molecule has 0 atom stereocenters. The molecule has 0 spiro atoms. The molecule has 1 fully saturated rings. The number of alkyl halides is 1. The van der Waals surface area contributed by atoms with Crippen molar-refractivity contribution in [2.45, 2.75) is 86.1 Å². The molecule has 0 aromatic carbocycles. The van der Waals surface area contributed by atoms with Gasteiger partial charge in [-0.05, 0) is 46.6 Å². The first-order chi connectivity index (χ1) is 24.0. The Morgan fingerprint density at radius 1 is 0.824 bits per heavy atom. The summed E-state index contributed by atoms with van der Waals surface area (Å²) < 4.78 is 0. The molecule has 1 aromatic rings. The number of nitrogens with one attached hydrogen (secondary N) is 2. The van der Waals surface area contributed by atoms with Crippen LogP contribution in [0.1, 0.15) is 81.1 Å². The minimum absolute atomic E-state index is 0.0590. The second-order valence-corrected chi connectivity index (χ2v) is 16.0. The average molecular weight is 817 g/mol. The van der Waals surface area contributed by atoms with Crippen molar-refractivity contribution in [2.75, 3.05) is 30.7 Å². The van der Waals surface area contributed by atoms with Crippen molar-refractivity contribution < 1.29 is 38.4 Å². The standard InChI is InChI=1S/C12H18N2OS2.C9H13NO4.C8H11NO2.C6H12BrNO/c1-10(2)9-14-11(15)6-8-16-17-12-5-3-4-7-13-12;1-6(2)5-9(13)14-10-7(11)3-4-8(10)12;1-6(2)5-9-7(10)3-4-8(9)11;1-5(2)4-8-6(9)3-7/h3-5,7,10H,6,8-9H2,1-2H3,(H,14,15);6H,3-5H2,1-2H3;3-4,6H,5H2,1-2H3;5H,3-4H2,1-2H3,(H,8,9). The molecule has 0 bridgehead atoms. The molecule has 1 saturated heterocycles. The highest BCUT2D eigenvalue weighted by atomic mass is 79.9. The Balaban J connectivity index is 0.000000672. The quantitative estimate of drug-likeness (QED) is 0.101. The minimum atomic E-state index is -0.538. The van der Waals surface area contributed by atoms with Crippen LogP contribution in [-0.4, -0.2) is 87.1 Å². The van der Waals surface area contributed by atoms with Gasteiger partial charge in [0.15, 0.2) is 0 Å². The van der Waals surface area contributed by atoms with Crippen molar-refractivity contribution in [3.8, 4) is 0 Å². The summed E-state index contributed by atoms with van der Waals surface area (Å²) in [5.41, 5.74) is 0. The van der Waals surface area contributed by atoms with Crippen LogP contribution >= 0.6 is 37.5 Å². The van der Waals surface area contributed by atoms with E-state index >= 15 is 0 Å². The Kier molecular flexibility index (Phi) is 25.7. The number of amides is 6. The van der Waals surface area contributed by atoms with Crippen LogP contribution in [0.25, 0.3) is 0 Å². The molecule has 1 aromatic heterocycles. The monoisotopic (exact) mass is 815 g/mol. The molecular weight excluding hydrogens is 762 g/mol. The zero-order chi connectivity index (χ0) is 38.9. The molecule has 13 nitrogen and oxygen atoms in total. The number of halogens is 1. The lowest BCUT2D eigenvalue weighted by Gasteiger charge is -2.15. The third-order valence-corrected chi connectivity index (χ3v) is 8.73. The number of hydrogen-bond donors (Lipinski definition) is 2. The third-order valence-electron chi connectivity index (χ3n) is 5.95. The summed E-state index contributed by atoms with van der Waals surface area (Å²) in [6.45, 7) is 18.0. The van der Waals surface area contributed by atoms with Crippen LogP contribution in [0.4, 0.5) is 0 Å². The number of carbonyl (C=O) groups excluding carboxylic acids is 7. The first kappa shape index (κ1) is 47.8. The lowest BCUT2D eigenvalue weighted by Crippen LogP contribution is -2.33. The molecule has 3 heterocycles. The molecule has 0 unspecified atom stereocenters. The van der Waals surface area contributed by atoms with Gasteiger partial charge in [0.2, 0.25) is 11.8 Å². The number of pyridine rings is 1. The molecule has 2 N–H and O–H groups in total. The van der Waals surface area contributed by atoms with Gasteiger partial charge in [-0.15, -0.1) is 5.06 Å². The average Bonchev–Trinajstić information content (AvgIpc) is 3.55. The molecular formula is C35H54BrN5O8S2. The Bertz CT molecular complexity index is 1260. The molecule has 0 radical (unpaired) electrons. The maximum atomic E-state index is 11.4. The van der Waals surface area contributed by atoms with Gasteiger partial charge in [0.05, 0.1) is 11.8 Å². The van der Waals surface area contributed by atoms with E-state index in [0.717, 1.165) is 23.9 Å². The number of aromatic nitrogens is 1. The van der Waals surface area contributed by atoms with Crippen molar-refractivity contribution in [3.05, 3.63) is 36.5 Å². The number of hydroxylamine groups is 2. The Hall–Kier alpha value is -3.24. The van der Waals surface area contributed by atoms with Crippen molar-refractivity contribution in [1.29, 1.82) is 0 Å². The van der Waals surface area contributed by atoms with E-state index in [4.69, 9.17) is 0 Å². The second-order valence-electron chi connectivity index (χ2n) is 13.0. The van der Waals surface area contributed by atoms with E-state index in [1.165, 1.54) is 17.1 Å². The third kappa shape index (κ3) is 24.6. The highest BCUT2D eigenvalue weighted by Gasteiger charge is 2.32. The number of hydrogen-bond acceptors (Lipinski definition) is 11. The van der Waals surface area contributed by atoms with Crippen LogP contribution in [0.3, 0.4) is 0 Å². The minimum Gasteiger partial charge on any atom is -0.356 e. The van der Waals surface area contributed by atoms with Crippen molar-refractivity contribution >= 4 is 78.9 Å². The van der Waals surface area contributed by atoms with Gasteiger partial charge in [-0.25, -0.2) is 9.78 Å². The van der Waals surface area contributed by atoms with E-state index < -0.39 is 17.8 Å². The van der Waals surface area contributed by atoms with Crippen LogP contribution in [0.15, 0.2) is 41.6 Å². The van der Waals surface area contributed by atoms with Crippen molar-refractivity contribution in [1.82, 2.24) is 25.6 Å². The maximum absolute atomic E-state index is 11.4. The summed E-state index contributed by atoms with van der Waals surface area (Å²) >= 11 is 3.05. The van der Waals surface area contributed by atoms with E-state index in [0.29, 0.717) is 41.1 Å². The van der Waals surface area contributed by atoms with Crippen LogP contribution in [0.5, 0.6) is 0 Å². The topological polar surface area (TPSA) is 172 Å². The highest BCUT2D eigenvalue weighted by molar-refractivity contribution is 9.09. The Labute approximate surface area is 318 Å². The first-order valence-corrected chi connectivity index (χ1v) is 20.3. The van der Waals surface area contributed by atoms with Gasteiger partial charge in [0.25, 0.3) is 23.6 Å². The van der Waals surface area contributed by atoms with E-state index in [9.17, 15) is 33.6 Å². The molecule has 2 aliphatic rings. The fourth-order valence-electron chi connectivity index (χ4n) is 3.51. The second kappa shape index (κ2) is 27.4. The molecule has 286 valence electrons. The van der Waals surface area contributed by atoms with Crippen molar-refractivity contribution in [2.24, 2.45) is 23.7 Å². The number of carbonyl (C=O) groups is 7. The van der Waals surface area contributed by atoms with Crippen LogP contribution in [0.2, 0.25) is 0 Å². The zero-order valence-corrected chi connectivity index (χ0v) is 34.2. The predicted octanol–water partition coefficient (Wildman–Crippen LogP) is 5.34. The van der Waals surface area contributed by atoms with Crippen molar-refractivity contribution in [3.63, 3.8) is 0 Å². The summed E-state index contributed by atoms with van der Waals surface area (Å²) in [4.78, 5) is 87.1. The predicted molar refractivity (Wildman–Crippen MR) is 204 cm³/mol. The van der Waals surface area contributed by atoms with Gasteiger partial charge in [0.1, 0.15) is 5.03 Å². The molecule has 3 rings (SSSR count). The molecule has 16 heteroatoms. The molecule has 0 aliphatic carbocycles. The SMILES string of the molecule is CC(C)CC(=O)ON1C(=O)CCC1=O.CC(C)CN1C(=O)C=CC1=O.CC(C)CNC(=O)CBr.CC(C)CNC(=O)CCSSc1ccccn1. The molecule has 0 saturated carbocycles. The molecule has 51 heavy (non-hydrogen) atoms. The number of rotatable bonds is 15. The van der Waals surface area contributed by atoms with Gasteiger partial charge in [-0.2, -0.15) is 0 Å². The Morgan fingerprint density at radius 3 is 1.82 bits per heavy atom. The highest BCUT2D eigenvalue weighted by Crippen LogP contribution is 2.29. The van der Waals surface area contributed by atoms with E-state index in [2.05, 4.69) is 64.1 Å². The summed E-state index contributed by atoms with van der Waals surface area (Å²) in [7, 11) is 3.27. The zero-order valence-electron chi connectivity index (χ0n) is 30.9. The van der Waals surface area contributed by atoms with Gasteiger partial charge in [-0.1, -0.05) is 88.2 Å². The first-order valence-electron chi connectivity index (χ1n) is 16.9. The van der Waals surface area contributed by atoms with Gasteiger partial charge < -0.3 is 15.5 Å². The summed E-state index contributed by atoms with van der Waals surface area (Å²) in [6, 6.07) is 5.83. The smallest absolute Gasteiger partial charge is 0.333 e. The number of nitrogens with zero attached hydrogens (tertiary/aromatic N) is 3. The van der Waals surface area contributed by atoms with Gasteiger partial charge in [-0.3, -0.25) is 33.7 Å². The van der Waals surface area contributed by atoms with Crippen LogP contribution in [-0.2, 0) is 38.4 Å². The molecule has 2 aliphatic heterocycles. The van der Waals surface area contributed by atoms with Gasteiger partial charge >= 0.3 is 5.97 Å². The Morgan fingerprint density at radius 2 is 1.37 bits per heavy atom. The lowest BCUT2D eigenvalue weighted by atomic mass is 10.1.